The Morgan fingerprint density at radius 3 is 1.31 bits per heavy atom. The Morgan fingerprint density at radius 1 is 0.692 bits per heavy atom. The molecule has 0 aromatic heterocycles. The van der Waals surface area contributed by atoms with Gasteiger partial charge in [0.2, 0.25) is 5.82 Å². The van der Waals surface area contributed by atoms with Crippen LogP contribution in [-0.2, 0) is 0 Å². The predicted molar refractivity (Wildman–Crippen MR) is 35.7 cm³/mol. The van der Waals surface area contributed by atoms with Gasteiger partial charge in [0.25, 0.3) is 0 Å². The van der Waals surface area contributed by atoms with Gasteiger partial charge in [-0.3, -0.25) is 4.84 Å². The van der Waals surface area contributed by atoms with Crippen LogP contribution in [-0.4, -0.2) is 0 Å². The summed E-state index contributed by atoms with van der Waals surface area (Å²) in [5.74, 6) is -10.3. The number of halogens is 6. The van der Waals surface area contributed by atoms with E-state index in [-0.39, 0.29) is 0 Å². The number of anilines is 1. The highest BCUT2D eigenvalue weighted by atomic mass is 35.5. The van der Waals surface area contributed by atoms with Gasteiger partial charge in [0, 0.05) is 11.8 Å². The molecule has 0 heterocycles. The Bertz CT molecular complexity index is 324. The molecule has 0 spiro atoms. The molecule has 0 atom stereocenters. The Hall–Kier alpha value is -1.04. The Balaban J connectivity index is 3.56. The summed E-state index contributed by atoms with van der Waals surface area (Å²) in [6.45, 7) is 0. The van der Waals surface area contributed by atoms with Crippen LogP contribution >= 0.6 is 11.8 Å². The van der Waals surface area contributed by atoms with Crippen LogP contribution in [0.3, 0.4) is 0 Å². The maximum Gasteiger partial charge on any atom is 0.200 e. The molecule has 0 aliphatic heterocycles. The van der Waals surface area contributed by atoms with E-state index in [0.717, 1.165) is 0 Å². The highest BCUT2D eigenvalue weighted by molar-refractivity contribution is 6.24. The van der Waals surface area contributed by atoms with Gasteiger partial charge in [-0.2, -0.15) is 0 Å². The van der Waals surface area contributed by atoms with E-state index >= 15 is 0 Å². The first-order valence-electron chi connectivity index (χ1n) is 2.88. The second-order valence-corrected chi connectivity index (χ2v) is 2.23. The number of hydrogen-bond donors (Lipinski definition) is 1. The standard InChI is InChI=1S/C6HClF5N/c7-13-6-4(11)2(9)1(8)3(10)5(6)12/h13H. The van der Waals surface area contributed by atoms with E-state index in [2.05, 4.69) is 0 Å². The van der Waals surface area contributed by atoms with Gasteiger partial charge in [-0.1, -0.05) is 0 Å². The Morgan fingerprint density at radius 2 is 1.00 bits per heavy atom. The topological polar surface area (TPSA) is 12.0 Å². The van der Waals surface area contributed by atoms with Crippen molar-refractivity contribution in [2.24, 2.45) is 0 Å². The summed E-state index contributed by atoms with van der Waals surface area (Å²) >= 11 is 4.75. The normalized spacial score (nSPS) is 10.3. The molecule has 0 radical (unpaired) electrons. The molecule has 1 nitrogen and oxygen atoms in total. The fourth-order valence-corrected chi connectivity index (χ4v) is 0.854. The lowest BCUT2D eigenvalue weighted by Gasteiger charge is -2.04. The molecule has 1 aromatic carbocycles. The molecule has 0 bridgehead atoms. The highest BCUT2D eigenvalue weighted by Gasteiger charge is 2.25. The molecule has 0 amide bonds. The molecule has 0 fully saturated rings. The minimum absolute atomic E-state index is 1.27. The zero-order valence-electron chi connectivity index (χ0n) is 5.77. The van der Waals surface area contributed by atoms with Gasteiger partial charge >= 0.3 is 0 Å². The third-order valence-corrected chi connectivity index (χ3v) is 1.49. The molecule has 1 aromatic rings. The van der Waals surface area contributed by atoms with E-state index in [1.807, 2.05) is 0 Å². The van der Waals surface area contributed by atoms with Crippen molar-refractivity contribution in [3.8, 4) is 0 Å². The monoisotopic (exact) mass is 217 g/mol. The van der Waals surface area contributed by atoms with E-state index in [0.29, 0.717) is 0 Å². The van der Waals surface area contributed by atoms with Crippen LogP contribution in [0.1, 0.15) is 0 Å². The summed E-state index contributed by atoms with van der Waals surface area (Å²) in [4.78, 5) is 1.35. The molecule has 1 N–H and O–H groups in total. The van der Waals surface area contributed by atoms with E-state index in [1.165, 1.54) is 4.84 Å². The van der Waals surface area contributed by atoms with Crippen molar-refractivity contribution < 1.29 is 22.0 Å². The molecule has 13 heavy (non-hydrogen) atoms. The van der Waals surface area contributed by atoms with Gasteiger partial charge < -0.3 is 0 Å². The second-order valence-electron chi connectivity index (χ2n) is 2.04. The van der Waals surface area contributed by atoms with Crippen LogP contribution in [0.15, 0.2) is 0 Å². The quantitative estimate of drug-likeness (QED) is 0.330. The fraction of sp³-hybridized carbons (Fsp3) is 0. The average molecular weight is 218 g/mol. The number of benzene rings is 1. The van der Waals surface area contributed by atoms with Crippen LogP contribution in [0.4, 0.5) is 27.6 Å². The molecule has 0 saturated carbocycles. The van der Waals surface area contributed by atoms with E-state index < -0.39 is 34.8 Å². The second kappa shape index (κ2) is 3.37. The lowest BCUT2D eigenvalue weighted by atomic mass is 10.2. The van der Waals surface area contributed by atoms with Crippen molar-refractivity contribution in [2.45, 2.75) is 0 Å². The maximum absolute atomic E-state index is 12.5. The van der Waals surface area contributed by atoms with Gasteiger partial charge in [-0.05, 0) is 0 Å². The van der Waals surface area contributed by atoms with Crippen molar-refractivity contribution in [1.29, 1.82) is 0 Å². The van der Waals surface area contributed by atoms with Crippen molar-refractivity contribution in [3.63, 3.8) is 0 Å². The van der Waals surface area contributed by atoms with E-state index in [1.54, 1.807) is 0 Å². The molecule has 72 valence electrons. The fourth-order valence-electron chi connectivity index (χ4n) is 0.688. The lowest BCUT2D eigenvalue weighted by molar-refractivity contribution is 0.382. The number of hydrogen-bond acceptors (Lipinski definition) is 1. The minimum Gasteiger partial charge on any atom is -0.293 e. The minimum atomic E-state index is -2.22. The molecular formula is C6HClF5N. The molecular weight excluding hydrogens is 217 g/mol. The molecule has 0 unspecified atom stereocenters. The number of nitrogens with one attached hydrogen (secondary N) is 1. The summed E-state index contributed by atoms with van der Waals surface area (Å²) < 4.78 is 62.1. The Labute approximate surface area is 74.2 Å². The SMILES string of the molecule is Fc1c(F)c(F)c(NCl)c(F)c1F. The van der Waals surface area contributed by atoms with E-state index in [4.69, 9.17) is 11.8 Å². The van der Waals surface area contributed by atoms with Crippen LogP contribution in [0.25, 0.3) is 0 Å². The van der Waals surface area contributed by atoms with Crippen molar-refractivity contribution in [3.05, 3.63) is 29.1 Å². The summed E-state index contributed by atoms with van der Waals surface area (Å²) in [5.41, 5.74) is -1.27. The van der Waals surface area contributed by atoms with Crippen LogP contribution in [0, 0.1) is 29.1 Å². The zero-order valence-corrected chi connectivity index (χ0v) is 6.52. The molecule has 0 aliphatic carbocycles. The summed E-state index contributed by atoms with van der Waals surface area (Å²) in [7, 11) is 0. The Kier molecular flexibility index (Phi) is 2.60. The van der Waals surface area contributed by atoms with Gasteiger partial charge in [0.15, 0.2) is 23.3 Å². The van der Waals surface area contributed by atoms with Gasteiger partial charge in [-0.25, -0.2) is 22.0 Å². The van der Waals surface area contributed by atoms with Gasteiger partial charge in [-0.15, -0.1) is 0 Å². The molecule has 7 heteroatoms. The first kappa shape index (κ1) is 10.0. The van der Waals surface area contributed by atoms with Crippen molar-refractivity contribution in [2.75, 3.05) is 4.84 Å². The van der Waals surface area contributed by atoms with Crippen LogP contribution in [0.5, 0.6) is 0 Å². The van der Waals surface area contributed by atoms with Crippen molar-refractivity contribution in [1.82, 2.24) is 0 Å². The first-order valence-corrected chi connectivity index (χ1v) is 3.26. The average Bonchev–Trinajstić information content (AvgIpc) is 2.13. The van der Waals surface area contributed by atoms with Crippen LogP contribution < -0.4 is 4.84 Å². The first-order chi connectivity index (χ1) is 6.00. The third-order valence-electron chi connectivity index (χ3n) is 1.30. The predicted octanol–water partition coefficient (Wildman–Crippen LogP) is 2.95. The van der Waals surface area contributed by atoms with Gasteiger partial charge in [0.1, 0.15) is 5.69 Å². The zero-order chi connectivity index (χ0) is 10.2. The number of rotatable bonds is 1. The molecule has 1 rings (SSSR count). The molecule has 0 aliphatic rings. The summed E-state index contributed by atoms with van der Waals surface area (Å²) in [6.07, 6.45) is 0. The van der Waals surface area contributed by atoms with Gasteiger partial charge in [0.05, 0.1) is 0 Å². The smallest absolute Gasteiger partial charge is 0.200 e. The van der Waals surface area contributed by atoms with E-state index in [9.17, 15) is 22.0 Å². The third kappa shape index (κ3) is 1.41. The van der Waals surface area contributed by atoms with Crippen molar-refractivity contribution >= 4 is 17.5 Å². The highest BCUT2D eigenvalue weighted by Crippen LogP contribution is 2.27. The summed E-state index contributed by atoms with van der Waals surface area (Å²) in [5, 5.41) is 0. The maximum atomic E-state index is 12.5. The largest absolute Gasteiger partial charge is 0.293 e. The molecule has 0 saturated heterocycles. The summed E-state index contributed by atoms with van der Waals surface area (Å²) in [6, 6.07) is 0. The van der Waals surface area contributed by atoms with Crippen LogP contribution in [0.2, 0.25) is 0 Å². The lowest BCUT2D eigenvalue weighted by Crippen LogP contribution is -2.04.